The molecule has 3 aromatic rings. The molecule has 6 heteroatoms. The molecule has 0 bridgehead atoms. The van der Waals surface area contributed by atoms with E-state index in [2.05, 4.69) is 15.9 Å². The second-order valence-electron chi connectivity index (χ2n) is 8.07. The number of carbonyl (C=O) groups is 2. The van der Waals surface area contributed by atoms with Crippen molar-refractivity contribution in [2.75, 3.05) is 4.90 Å². The van der Waals surface area contributed by atoms with Gasteiger partial charge in [-0.05, 0) is 79.4 Å². The van der Waals surface area contributed by atoms with Crippen molar-refractivity contribution >= 4 is 39.1 Å². The van der Waals surface area contributed by atoms with Gasteiger partial charge in [0.25, 0.3) is 11.7 Å². The molecule has 1 unspecified atom stereocenters. The first-order valence-electron chi connectivity index (χ1n) is 10.1. The second-order valence-corrected chi connectivity index (χ2v) is 8.92. The van der Waals surface area contributed by atoms with Crippen molar-refractivity contribution in [1.82, 2.24) is 0 Å². The van der Waals surface area contributed by atoms with Crippen LogP contribution in [-0.2, 0) is 9.59 Å². The predicted octanol–water partition coefficient (Wildman–Crippen LogP) is 5.71. The van der Waals surface area contributed by atoms with Gasteiger partial charge in [0.15, 0.2) is 0 Å². The summed E-state index contributed by atoms with van der Waals surface area (Å²) >= 11 is 3.44. The number of aromatic hydroxyl groups is 1. The van der Waals surface area contributed by atoms with Crippen LogP contribution in [0.25, 0.3) is 5.76 Å². The summed E-state index contributed by atoms with van der Waals surface area (Å²) in [5.41, 5.74) is 4.45. The fourth-order valence-electron chi connectivity index (χ4n) is 4.11. The van der Waals surface area contributed by atoms with E-state index < -0.39 is 17.7 Å². The van der Waals surface area contributed by atoms with E-state index in [9.17, 15) is 19.8 Å². The van der Waals surface area contributed by atoms with Crippen molar-refractivity contribution in [2.45, 2.75) is 26.8 Å². The summed E-state index contributed by atoms with van der Waals surface area (Å²) in [7, 11) is 0. The number of amides is 1. The van der Waals surface area contributed by atoms with Gasteiger partial charge in [-0.25, -0.2) is 0 Å². The number of rotatable bonds is 3. The van der Waals surface area contributed by atoms with E-state index in [1.54, 1.807) is 30.3 Å². The Morgan fingerprint density at radius 1 is 0.906 bits per heavy atom. The summed E-state index contributed by atoms with van der Waals surface area (Å²) < 4.78 is 0.875. The summed E-state index contributed by atoms with van der Waals surface area (Å²) in [5, 5.41) is 21.0. The zero-order chi connectivity index (χ0) is 23.2. The van der Waals surface area contributed by atoms with Gasteiger partial charge in [-0.3, -0.25) is 14.5 Å². The Morgan fingerprint density at radius 2 is 1.53 bits per heavy atom. The average molecular weight is 492 g/mol. The maximum Gasteiger partial charge on any atom is 0.300 e. The number of ketones is 1. The molecule has 32 heavy (non-hydrogen) atoms. The van der Waals surface area contributed by atoms with E-state index in [4.69, 9.17) is 0 Å². The number of Topliss-reactive ketones (excluding diaryl/α,β-unsaturated/α-hetero) is 1. The molecule has 0 saturated carbocycles. The van der Waals surface area contributed by atoms with Gasteiger partial charge in [-0.15, -0.1) is 0 Å². The van der Waals surface area contributed by atoms with E-state index in [1.165, 1.54) is 17.0 Å². The van der Waals surface area contributed by atoms with Crippen molar-refractivity contribution in [1.29, 1.82) is 0 Å². The smallest absolute Gasteiger partial charge is 0.300 e. The lowest BCUT2D eigenvalue weighted by Gasteiger charge is -2.26. The van der Waals surface area contributed by atoms with E-state index >= 15 is 0 Å². The van der Waals surface area contributed by atoms with Crippen LogP contribution in [0.15, 0.2) is 70.7 Å². The second kappa shape index (κ2) is 8.28. The van der Waals surface area contributed by atoms with Gasteiger partial charge in [0.2, 0.25) is 0 Å². The van der Waals surface area contributed by atoms with Gasteiger partial charge in [-0.1, -0.05) is 40.2 Å². The molecule has 1 amide bonds. The lowest BCUT2D eigenvalue weighted by atomic mass is 9.94. The molecule has 1 fully saturated rings. The Balaban J connectivity index is 1.97. The first-order valence-corrected chi connectivity index (χ1v) is 10.9. The highest BCUT2D eigenvalue weighted by molar-refractivity contribution is 9.10. The van der Waals surface area contributed by atoms with Crippen molar-refractivity contribution in [3.8, 4) is 5.75 Å². The number of anilines is 1. The van der Waals surface area contributed by atoms with Crippen molar-refractivity contribution in [2.24, 2.45) is 0 Å². The summed E-state index contributed by atoms with van der Waals surface area (Å²) in [5.74, 6) is -1.62. The molecule has 1 saturated heterocycles. The van der Waals surface area contributed by atoms with Crippen LogP contribution in [0.1, 0.15) is 33.9 Å². The molecule has 162 valence electrons. The Bertz CT molecular complexity index is 1260. The summed E-state index contributed by atoms with van der Waals surface area (Å²) in [6, 6.07) is 16.4. The fourth-order valence-corrected chi connectivity index (χ4v) is 4.35. The third-order valence-corrected chi connectivity index (χ3v) is 6.46. The first-order chi connectivity index (χ1) is 15.2. The topological polar surface area (TPSA) is 77.8 Å². The van der Waals surface area contributed by atoms with Gasteiger partial charge >= 0.3 is 0 Å². The van der Waals surface area contributed by atoms with Crippen LogP contribution in [0.3, 0.4) is 0 Å². The van der Waals surface area contributed by atoms with Crippen LogP contribution in [0.2, 0.25) is 0 Å². The minimum absolute atomic E-state index is 0.0153. The zero-order valence-electron chi connectivity index (χ0n) is 17.9. The molecule has 5 nitrogen and oxygen atoms in total. The molecule has 0 radical (unpaired) electrons. The molecule has 0 aliphatic carbocycles. The summed E-state index contributed by atoms with van der Waals surface area (Å²) in [4.78, 5) is 27.9. The summed E-state index contributed by atoms with van der Waals surface area (Å²) in [6.07, 6.45) is 0. The number of aliphatic hydroxyl groups is 1. The Morgan fingerprint density at radius 3 is 2.12 bits per heavy atom. The predicted molar refractivity (Wildman–Crippen MR) is 128 cm³/mol. The van der Waals surface area contributed by atoms with Gasteiger partial charge in [-0.2, -0.15) is 0 Å². The highest BCUT2D eigenvalue weighted by Gasteiger charge is 2.47. The molecule has 2 N–H and O–H groups in total. The maximum atomic E-state index is 13.2. The lowest BCUT2D eigenvalue weighted by molar-refractivity contribution is -0.132. The largest absolute Gasteiger partial charge is 0.508 e. The maximum absolute atomic E-state index is 13.2. The number of aliphatic hydroxyl groups excluding tert-OH is 1. The van der Waals surface area contributed by atoms with Crippen LogP contribution in [-0.4, -0.2) is 21.9 Å². The van der Waals surface area contributed by atoms with E-state index in [0.29, 0.717) is 16.8 Å². The van der Waals surface area contributed by atoms with Crippen molar-refractivity contribution in [3.05, 3.63) is 98.5 Å². The molecule has 1 atom stereocenters. The van der Waals surface area contributed by atoms with Gasteiger partial charge < -0.3 is 10.2 Å². The van der Waals surface area contributed by atoms with Gasteiger partial charge in [0.1, 0.15) is 11.5 Å². The Kier molecular flexibility index (Phi) is 5.65. The molecule has 3 aromatic carbocycles. The minimum Gasteiger partial charge on any atom is -0.508 e. The molecule has 1 aliphatic rings. The zero-order valence-corrected chi connectivity index (χ0v) is 19.5. The number of halogens is 1. The first kappa shape index (κ1) is 21.8. The summed E-state index contributed by atoms with van der Waals surface area (Å²) in [6.45, 7) is 5.73. The molecule has 0 aromatic heterocycles. The third-order valence-electron chi connectivity index (χ3n) is 5.57. The van der Waals surface area contributed by atoms with Crippen molar-refractivity contribution in [3.63, 3.8) is 0 Å². The molecule has 1 aliphatic heterocycles. The Labute approximate surface area is 194 Å². The number of benzene rings is 3. The number of aryl methyl sites for hydroxylation is 3. The average Bonchev–Trinajstić information content (AvgIpc) is 3.00. The standard InChI is InChI=1S/C26H22BrNO4/c1-14-10-15(2)12-19(11-14)28-23(17-4-7-20(29)8-5-17)22(25(31)26(28)32)24(30)18-6-9-21(27)16(3)13-18/h4-13,23,29-30H,1-3H3/b24-22-. The number of hydrogen-bond donors (Lipinski definition) is 2. The van der Waals surface area contributed by atoms with E-state index in [-0.39, 0.29) is 17.1 Å². The van der Waals surface area contributed by atoms with Gasteiger partial charge in [0, 0.05) is 15.7 Å². The SMILES string of the molecule is Cc1cc(C)cc(N2C(=O)C(=O)/C(=C(\O)c3ccc(Br)c(C)c3)C2c2ccc(O)cc2)c1. The highest BCUT2D eigenvalue weighted by atomic mass is 79.9. The third kappa shape index (κ3) is 3.82. The van der Waals surface area contributed by atoms with Crippen LogP contribution < -0.4 is 4.90 Å². The van der Waals surface area contributed by atoms with Gasteiger partial charge in [0.05, 0.1) is 11.6 Å². The number of phenols is 1. The molecule has 0 spiro atoms. The molecule has 1 heterocycles. The number of phenolic OH excluding ortho intramolecular Hbond substituents is 1. The van der Waals surface area contributed by atoms with Crippen LogP contribution in [0.5, 0.6) is 5.75 Å². The number of hydrogen-bond acceptors (Lipinski definition) is 4. The fraction of sp³-hybridized carbons (Fsp3) is 0.154. The number of nitrogens with zero attached hydrogens (tertiary/aromatic N) is 1. The normalized spacial score (nSPS) is 17.8. The Hall–Kier alpha value is -3.38. The quantitative estimate of drug-likeness (QED) is 0.279. The minimum atomic E-state index is -0.833. The van der Waals surface area contributed by atoms with Crippen molar-refractivity contribution < 1.29 is 19.8 Å². The molecule has 4 rings (SSSR count). The lowest BCUT2D eigenvalue weighted by Crippen LogP contribution is -2.29. The van der Waals surface area contributed by atoms with Crippen LogP contribution in [0.4, 0.5) is 5.69 Å². The van der Waals surface area contributed by atoms with E-state index in [1.807, 2.05) is 39.0 Å². The monoisotopic (exact) mass is 491 g/mol. The number of carbonyl (C=O) groups excluding carboxylic acids is 2. The van der Waals surface area contributed by atoms with Crippen LogP contribution >= 0.6 is 15.9 Å². The highest BCUT2D eigenvalue weighted by Crippen LogP contribution is 2.43. The van der Waals surface area contributed by atoms with Crippen LogP contribution in [0, 0.1) is 20.8 Å². The molecular formula is C26H22BrNO4. The molecular weight excluding hydrogens is 470 g/mol. The van der Waals surface area contributed by atoms with E-state index in [0.717, 1.165) is 21.2 Å².